The van der Waals surface area contributed by atoms with E-state index >= 15 is 0 Å². The fourth-order valence-corrected chi connectivity index (χ4v) is 2.49. The van der Waals surface area contributed by atoms with Gasteiger partial charge in [0.2, 0.25) is 0 Å². The Morgan fingerprint density at radius 1 is 1.58 bits per heavy atom. The number of aromatic nitrogens is 2. The number of H-pyrrole nitrogens is 1. The van der Waals surface area contributed by atoms with Crippen molar-refractivity contribution in [1.82, 2.24) is 9.97 Å². The molecule has 1 aliphatic rings. The van der Waals surface area contributed by atoms with Crippen LogP contribution in [0.3, 0.4) is 0 Å². The molecule has 1 aromatic heterocycles. The Bertz CT molecular complexity index is 492. The summed E-state index contributed by atoms with van der Waals surface area (Å²) >= 11 is 0. The molecule has 1 aliphatic carbocycles. The zero-order valence-corrected chi connectivity index (χ0v) is 12.0. The highest BCUT2D eigenvalue weighted by atomic mass is 16.1. The Balaban J connectivity index is 2.19. The monoisotopic (exact) mass is 264 g/mol. The molecule has 4 N–H and O–H groups in total. The van der Waals surface area contributed by atoms with Crippen LogP contribution in [0.4, 0.5) is 5.82 Å². The Hall–Kier alpha value is -1.36. The van der Waals surface area contributed by atoms with Gasteiger partial charge in [0.05, 0.1) is 0 Å². The van der Waals surface area contributed by atoms with Crippen molar-refractivity contribution >= 4 is 5.82 Å². The highest BCUT2D eigenvalue weighted by Gasteiger charge is 2.28. The largest absolute Gasteiger partial charge is 0.363 e. The third kappa shape index (κ3) is 3.80. The van der Waals surface area contributed by atoms with Crippen LogP contribution < -0.4 is 16.6 Å². The summed E-state index contributed by atoms with van der Waals surface area (Å²) in [5.41, 5.74) is 5.55. The third-order valence-corrected chi connectivity index (χ3v) is 3.46. The van der Waals surface area contributed by atoms with Gasteiger partial charge in [0, 0.05) is 24.1 Å². The van der Waals surface area contributed by atoms with E-state index in [0.29, 0.717) is 24.2 Å². The lowest BCUT2D eigenvalue weighted by Gasteiger charge is -2.31. The Labute approximate surface area is 114 Å². The van der Waals surface area contributed by atoms with E-state index in [9.17, 15) is 4.79 Å². The van der Waals surface area contributed by atoms with Crippen molar-refractivity contribution in [2.75, 3.05) is 11.9 Å². The van der Waals surface area contributed by atoms with Crippen molar-refractivity contribution in [2.45, 2.75) is 51.5 Å². The Morgan fingerprint density at radius 2 is 2.26 bits per heavy atom. The maximum Gasteiger partial charge on any atom is 0.252 e. The molecule has 2 rings (SSSR count). The molecule has 0 aromatic carbocycles. The first-order chi connectivity index (χ1) is 8.92. The van der Waals surface area contributed by atoms with E-state index < -0.39 is 0 Å². The summed E-state index contributed by atoms with van der Waals surface area (Å²) in [7, 11) is 0. The summed E-state index contributed by atoms with van der Waals surface area (Å²) in [6.07, 6.45) is 3.18. The molecule has 5 heteroatoms. The van der Waals surface area contributed by atoms with Crippen molar-refractivity contribution in [1.29, 1.82) is 0 Å². The number of nitrogens with two attached hydrogens (primary N) is 1. The van der Waals surface area contributed by atoms with Gasteiger partial charge in [-0.15, -0.1) is 0 Å². The summed E-state index contributed by atoms with van der Waals surface area (Å²) < 4.78 is 0. The molecule has 0 amide bonds. The second-order valence-electron chi connectivity index (χ2n) is 6.28. The first-order valence-corrected chi connectivity index (χ1v) is 7.01. The number of aromatic amines is 1. The van der Waals surface area contributed by atoms with E-state index in [1.165, 1.54) is 6.07 Å². The van der Waals surface area contributed by atoms with Crippen LogP contribution in [0.5, 0.6) is 0 Å². The predicted molar refractivity (Wildman–Crippen MR) is 77.4 cm³/mol. The molecule has 1 saturated carbocycles. The summed E-state index contributed by atoms with van der Waals surface area (Å²) in [6.45, 7) is 6.91. The lowest BCUT2D eigenvalue weighted by Crippen LogP contribution is -2.44. The van der Waals surface area contributed by atoms with Gasteiger partial charge in [-0.2, -0.15) is 0 Å². The van der Waals surface area contributed by atoms with Gasteiger partial charge < -0.3 is 16.0 Å². The normalized spacial score (nSPS) is 18.4. The van der Waals surface area contributed by atoms with E-state index in [-0.39, 0.29) is 11.1 Å². The zero-order valence-electron chi connectivity index (χ0n) is 12.0. The summed E-state index contributed by atoms with van der Waals surface area (Å²) in [4.78, 5) is 19.0. The molecule has 0 radical (unpaired) electrons. The quantitative estimate of drug-likeness (QED) is 0.732. The van der Waals surface area contributed by atoms with Gasteiger partial charge >= 0.3 is 0 Å². The van der Waals surface area contributed by atoms with E-state index in [1.54, 1.807) is 0 Å². The molecule has 0 spiro atoms. The lowest BCUT2D eigenvalue weighted by molar-refractivity contribution is 0.405. The number of anilines is 1. The average Bonchev–Trinajstić information content (AvgIpc) is 3.10. The Morgan fingerprint density at radius 3 is 2.79 bits per heavy atom. The molecule has 5 nitrogen and oxygen atoms in total. The SMILES string of the molecule is CC(C)CC(C)(CN)Nc1cc(=O)[nH]c(C2CC2)n1. The van der Waals surface area contributed by atoms with Gasteiger partial charge in [-0.1, -0.05) is 13.8 Å². The van der Waals surface area contributed by atoms with Gasteiger partial charge in [-0.25, -0.2) is 4.98 Å². The topological polar surface area (TPSA) is 83.8 Å². The van der Waals surface area contributed by atoms with Gasteiger partial charge in [0.15, 0.2) is 0 Å². The molecule has 1 atom stereocenters. The molecular formula is C14H24N4O. The molecule has 0 aliphatic heterocycles. The number of hydrogen-bond acceptors (Lipinski definition) is 4. The number of nitrogens with zero attached hydrogens (tertiary/aromatic N) is 1. The second-order valence-corrected chi connectivity index (χ2v) is 6.28. The van der Waals surface area contributed by atoms with E-state index in [1.807, 2.05) is 0 Å². The number of rotatable bonds is 6. The van der Waals surface area contributed by atoms with Crippen molar-refractivity contribution < 1.29 is 0 Å². The van der Waals surface area contributed by atoms with Gasteiger partial charge in [-0.3, -0.25) is 4.79 Å². The van der Waals surface area contributed by atoms with E-state index in [0.717, 1.165) is 25.1 Å². The molecular weight excluding hydrogens is 240 g/mol. The molecule has 1 heterocycles. The highest BCUT2D eigenvalue weighted by Crippen LogP contribution is 2.37. The molecule has 1 fully saturated rings. The molecule has 1 aromatic rings. The Kier molecular flexibility index (Phi) is 3.94. The summed E-state index contributed by atoms with van der Waals surface area (Å²) in [5.74, 6) is 2.41. The van der Waals surface area contributed by atoms with Crippen LogP contribution in [0.2, 0.25) is 0 Å². The minimum Gasteiger partial charge on any atom is -0.363 e. The first-order valence-electron chi connectivity index (χ1n) is 7.01. The van der Waals surface area contributed by atoms with Crippen molar-refractivity contribution in [3.05, 3.63) is 22.2 Å². The fraction of sp³-hybridized carbons (Fsp3) is 0.714. The summed E-state index contributed by atoms with van der Waals surface area (Å²) in [6, 6.07) is 1.51. The molecule has 1 unspecified atom stereocenters. The highest BCUT2D eigenvalue weighted by molar-refractivity contribution is 5.37. The maximum absolute atomic E-state index is 11.7. The van der Waals surface area contributed by atoms with Crippen molar-refractivity contribution in [2.24, 2.45) is 11.7 Å². The first kappa shape index (κ1) is 14.1. The fourth-order valence-electron chi connectivity index (χ4n) is 2.49. The summed E-state index contributed by atoms with van der Waals surface area (Å²) in [5, 5.41) is 3.34. The molecule has 106 valence electrons. The zero-order chi connectivity index (χ0) is 14.0. The standard InChI is InChI=1S/C14H24N4O/c1-9(2)7-14(3,8-15)18-11-6-12(19)17-13(16-11)10-4-5-10/h6,9-10H,4-5,7-8,15H2,1-3H3,(H2,16,17,18,19). The van der Waals surface area contributed by atoms with Gasteiger partial charge in [-0.05, 0) is 32.1 Å². The van der Waals surface area contributed by atoms with Crippen LogP contribution in [0.15, 0.2) is 10.9 Å². The van der Waals surface area contributed by atoms with Crippen molar-refractivity contribution in [3.63, 3.8) is 0 Å². The van der Waals surface area contributed by atoms with Crippen LogP contribution in [0.1, 0.15) is 51.8 Å². The molecule has 0 saturated heterocycles. The average molecular weight is 264 g/mol. The second kappa shape index (κ2) is 5.33. The smallest absolute Gasteiger partial charge is 0.252 e. The minimum absolute atomic E-state index is 0.0941. The lowest BCUT2D eigenvalue weighted by atomic mass is 9.91. The molecule has 0 bridgehead atoms. The van der Waals surface area contributed by atoms with Crippen LogP contribution >= 0.6 is 0 Å². The third-order valence-electron chi connectivity index (χ3n) is 3.46. The van der Waals surface area contributed by atoms with E-state index in [4.69, 9.17) is 5.73 Å². The van der Waals surface area contributed by atoms with Gasteiger partial charge in [0.1, 0.15) is 11.6 Å². The van der Waals surface area contributed by atoms with Crippen molar-refractivity contribution in [3.8, 4) is 0 Å². The van der Waals surface area contributed by atoms with Crippen LogP contribution in [0, 0.1) is 5.92 Å². The molecule has 19 heavy (non-hydrogen) atoms. The predicted octanol–water partition coefficient (Wildman–Crippen LogP) is 1.82. The number of hydrogen-bond donors (Lipinski definition) is 3. The maximum atomic E-state index is 11.7. The number of nitrogens with one attached hydrogen (secondary N) is 2. The van der Waals surface area contributed by atoms with Crippen LogP contribution in [-0.2, 0) is 0 Å². The van der Waals surface area contributed by atoms with Gasteiger partial charge in [0.25, 0.3) is 5.56 Å². The van der Waals surface area contributed by atoms with Crippen LogP contribution in [0.25, 0.3) is 0 Å². The van der Waals surface area contributed by atoms with Crippen LogP contribution in [-0.4, -0.2) is 22.1 Å². The van der Waals surface area contributed by atoms with E-state index in [2.05, 4.69) is 36.1 Å². The minimum atomic E-state index is -0.226.